The van der Waals surface area contributed by atoms with Crippen molar-refractivity contribution < 1.29 is 9.47 Å². The molecule has 0 aromatic heterocycles. The molecule has 0 aromatic carbocycles. The fourth-order valence-electron chi connectivity index (χ4n) is 8.88. The lowest BCUT2D eigenvalue weighted by atomic mass is 9.66. The molecule has 3 fully saturated rings. The first-order chi connectivity index (χ1) is 25.1. The number of hydrogen-bond donors (Lipinski definition) is 0. The molecule has 0 radical (unpaired) electrons. The second-order valence-corrected chi connectivity index (χ2v) is 16.9. The Bertz CT molecular complexity index is 891. The van der Waals surface area contributed by atoms with Gasteiger partial charge in [-0.1, -0.05) is 152 Å². The van der Waals surface area contributed by atoms with E-state index in [2.05, 4.69) is 74.4 Å². The minimum Gasteiger partial charge on any atom is -0.344 e. The molecule has 1 spiro atoms. The van der Waals surface area contributed by atoms with Gasteiger partial charge in [0.05, 0.1) is 12.2 Å². The van der Waals surface area contributed by atoms with Gasteiger partial charge in [-0.2, -0.15) is 0 Å². The Hall–Kier alpha value is -1.16. The molecule has 0 N–H and O–H groups in total. The molecule has 3 nitrogen and oxygen atoms in total. The molecule has 2 heterocycles. The summed E-state index contributed by atoms with van der Waals surface area (Å²) in [4.78, 5) is 2.42. The lowest BCUT2D eigenvalue weighted by molar-refractivity contribution is -0.208. The molecule has 3 aliphatic rings. The summed E-state index contributed by atoms with van der Waals surface area (Å²) >= 11 is 0. The summed E-state index contributed by atoms with van der Waals surface area (Å²) in [6.45, 7) is 6.74. The first-order valence-corrected chi connectivity index (χ1v) is 22.7. The van der Waals surface area contributed by atoms with E-state index >= 15 is 0 Å². The number of hydrogen-bond acceptors (Lipinski definition) is 3. The number of nitrogens with zero attached hydrogens (tertiary/aromatic N) is 1. The maximum Gasteiger partial charge on any atom is 0.169 e. The van der Waals surface area contributed by atoms with E-state index < -0.39 is 0 Å². The second-order valence-electron chi connectivity index (χ2n) is 16.9. The molecule has 2 aliphatic heterocycles. The predicted molar refractivity (Wildman–Crippen MR) is 223 cm³/mol. The number of ether oxygens (including phenoxy) is 2. The minimum absolute atomic E-state index is 0.275. The number of allylic oxidation sites excluding steroid dienone is 8. The highest BCUT2D eigenvalue weighted by atomic mass is 16.8. The van der Waals surface area contributed by atoms with Gasteiger partial charge < -0.3 is 14.4 Å². The van der Waals surface area contributed by atoms with Crippen LogP contribution >= 0.6 is 0 Å². The highest BCUT2D eigenvalue weighted by Gasteiger charge is 2.52. The summed E-state index contributed by atoms with van der Waals surface area (Å²) in [6.07, 6.45) is 60.5. The molecule has 1 aliphatic carbocycles. The second kappa shape index (κ2) is 28.3. The fourth-order valence-corrected chi connectivity index (χ4v) is 8.88. The van der Waals surface area contributed by atoms with Crippen LogP contribution in [0.2, 0.25) is 0 Å². The van der Waals surface area contributed by atoms with Gasteiger partial charge in [-0.3, -0.25) is 0 Å². The minimum atomic E-state index is -0.275. The highest BCUT2D eigenvalue weighted by Crippen LogP contribution is 2.52. The predicted octanol–water partition coefficient (Wildman–Crippen LogP) is 14.8. The molecule has 0 aromatic rings. The van der Waals surface area contributed by atoms with Crippen LogP contribution in [0.25, 0.3) is 0 Å². The van der Waals surface area contributed by atoms with E-state index in [1.54, 1.807) is 0 Å². The average Bonchev–Trinajstić information content (AvgIpc) is 3.49. The Kier molecular flexibility index (Phi) is 24.6. The third-order valence-electron chi connectivity index (χ3n) is 12.3. The van der Waals surface area contributed by atoms with Crippen molar-refractivity contribution in [3.8, 4) is 0 Å². The van der Waals surface area contributed by atoms with Gasteiger partial charge in [0.2, 0.25) is 0 Å². The van der Waals surface area contributed by atoms with Gasteiger partial charge in [-0.25, -0.2) is 0 Å². The van der Waals surface area contributed by atoms with E-state index in [0.717, 1.165) is 45.2 Å². The summed E-state index contributed by atoms with van der Waals surface area (Å²) in [5.41, 5.74) is 0.521. The van der Waals surface area contributed by atoms with E-state index in [4.69, 9.17) is 9.47 Å². The van der Waals surface area contributed by atoms with Crippen molar-refractivity contribution in [2.24, 2.45) is 5.41 Å². The number of unbranched alkanes of at least 4 members (excludes halogenated alkanes) is 18. The molecular weight excluding hydrogens is 623 g/mol. The van der Waals surface area contributed by atoms with Crippen molar-refractivity contribution >= 4 is 0 Å². The molecule has 1 saturated carbocycles. The third kappa shape index (κ3) is 19.7. The lowest BCUT2D eigenvalue weighted by Crippen LogP contribution is -2.43. The first kappa shape index (κ1) is 44.2. The van der Waals surface area contributed by atoms with Gasteiger partial charge in [0.25, 0.3) is 0 Å². The van der Waals surface area contributed by atoms with Crippen LogP contribution in [0.4, 0.5) is 0 Å². The van der Waals surface area contributed by atoms with E-state index in [1.807, 2.05) is 0 Å². The van der Waals surface area contributed by atoms with Crippen LogP contribution in [0, 0.1) is 5.41 Å². The molecule has 51 heavy (non-hydrogen) atoms. The van der Waals surface area contributed by atoms with Crippen molar-refractivity contribution in [3.05, 3.63) is 48.6 Å². The van der Waals surface area contributed by atoms with Crippen LogP contribution in [0.15, 0.2) is 48.6 Å². The zero-order valence-corrected chi connectivity index (χ0v) is 34.4. The van der Waals surface area contributed by atoms with Crippen LogP contribution in [0.3, 0.4) is 0 Å². The van der Waals surface area contributed by atoms with E-state index in [1.165, 1.54) is 167 Å². The molecule has 2 atom stereocenters. The van der Waals surface area contributed by atoms with E-state index in [0.29, 0.717) is 11.5 Å². The molecule has 2 saturated heterocycles. The summed E-state index contributed by atoms with van der Waals surface area (Å²) in [5.74, 6) is -0.275. The van der Waals surface area contributed by atoms with Gasteiger partial charge in [0.15, 0.2) is 5.79 Å². The largest absolute Gasteiger partial charge is 0.344 e. The van der Waals surface area contributed by atoms with E-state index in [9.17, 15) is 0 Å². The number of rotatable bonds is 30. The zero-order valence-electron chi connectivity index (χ0n) is 34.4. The SMILES string of the molecule is CCCCCC=CCC=CCCCCCCCCC1(CCCCCCCCC=CCC=CCCCCC)CCC2(CC1)O[C@@H]1CCN(C)C[C@H]1O2. The number of piperidine rings is 1. The van der Waals surface area contributed by atoms with Crippen LogP contribution in [0.5, 0.6) is 0 Å². The maximum absolute atomic E-state index is 6.75. The summed E-state index contributed by atoms with van der Waals surface area (Å²) in [6, 6.07) is 0. The fraction of sp³-hybridized carbons (Fsp3) is 0.833. The first-order valence-electron chi connectivity index (χ1n) is 22.7. The number of likely N-dealkylation sites (tertiary alicyclic amines) is 1. The molecule has 0 unspecified atom stereocenters. The molecule has 0 amide bonds. The summed E-state index contributed by atoms with van der Waals surface area (Å²) in [5, 5.41) is 0. The smallest absolute Gasteiger partial charge is 0.169 e. The quantitative estimate of drug-likeness (QED) is 0.0548. The van der Waals surface area contributed by atoms with E-state index in [-0.39, 0.29) is 11.9 Å². The Balaban J connectivity index is 1.28. The Morgan fingerprint density at radius 2 is 0.902 bits per heavy atom. The molecule has 0 bridgehead atoms. The topological polar surface area (TPSA) is 21.7 Å². The molecular formula is C48H85NO2. The van der Waals surface area contributed by atoms with Crippen molar-refractivity contribution in [1.29, 1.82) is 0 Å². The van der Waals surface area contributed by atoms with Crippen LogP contribution in [0.1, 0.15) is 213 Å². The maximum atomic E-state index is 6.75. The van der Waals surface area contributed by atoms with Crippen molar-refractivity contribution in [2.75, 3.05) is 20.1 Å². The van der Waals surface area contributed by atoms with Gasteiger partial charge in [0.1, 0.15) is 0 Å². The van der Waals surface area contributed by atoms with Crippen molar-refractivity contribution in [2.45, 2.75) is 231 Å². The normalized spacial score (nSPS) is 25.9. The Labute approximate surface area is 318 Å². The number of fused-ring (bicyclic) bond motifs is 1. The van der Waals surface area contributed by atoms with Crippen molar-refractivity contribution in [1.82, 2.24) is 4.90 Å². The standard InChI is InChI=1S/C48H85NO2/c1-4-6-8-10-12-14-16-18-20-22-24-26-28-30-32-34-37-47(39-41-48(42-40-47)50-45-36-43-49(3)44-46(45)51-48)38-35-33-31-29-27-25-23-21-19-17-15-13-11-9-7-5-2/h12-15,18-21,45-46H,4-11,16-17,22-44H2,1-3H3/t45-,46-,47?,48?/m1/s1. The monoisotopic (exact) mass is 708 g/mol. The van der Waals surface area contributed by atoms with Crippen LogP contribution in [-0.4, -0.2) is 43.0 Å². The third-order valence-corrected chi connectivity index (χ3v) is 12.3. The average molecular weight is 708 g/mol. The van der Waals surface area contributed by atoms with Gasteiger partial charge in [-0.05, 0) is 109 Å². The molecule has 3 heteroatoms. The van der Waals surface area contributed by atoms with Crippen LogP contribution in [-0.2, 0) is 9.47 Å². The Morgan fingerprint density at radius 1 is 0.490 bits per heavy atom. The Morgan fingerprint density at radius 3 is 1.37 bits per heavy atom. The van der Waals surface area contributed by atoms with Crippen molar-refractivity contribution in [3.63, 3.8) is 0 Å². The zero-order chi connectivity index (χ0) is 36.1. The summed E-state index contributed by atoms with van der Waals surface area (Å²) in [7, 11) is 2.23. The summed E-state index contributed by atoms with van der Waals surface area (Å²) < 4.78 is 13.5. The highest BCUT2D eigenvalue weighted by molar-refractivity contribution is 4.97. The number of likely N-dealkylation sites (N-methyl/N-ethyl adjacent to an activating group) is 1. The lowest BCUT2D eigenvalue weighted by Gasteiger charge is -2.44. The van der Waals surface area contributed by atoms with Gasteiger partial charge in [0, 0.05) is 25.9 Å². The van der Waals surface area contributed by atoms with Gasteiger partial charge >= 0.3 is 0 Å². The molecule has 294 valence electrons. The van der Waals surface area contributed by atoms with Crippen LogP contribution < -0.4 is 0 Å². The van der Waals surface area contributed by atoms with Gasteiger partial charge in [-0.15, -0.1) is 0 Å². The molecule has 3 rings (SSSR count).